The largest absolute Gasteiger partial charge is 0.349 e. The second-order valence-electron chi connectivity index (χ2n) is 10.3. The fourth-order valence-electron chi connectivity index (χ4n) is 5.42. The smallest absolute Gasteiger partial charge is 0.168 e. The van der Waals surface area contributed by atoms with E-state index in [4.69, 9.17) is 9.47 Å². The molecule has 5 rings (SSSR count). The van der Waals surface area contributed by atoms with Crippen LogP contribution in [0.1, 0.15) is 33.1 Å². The molecule has 1 aliphatic heterocycles. The summed E-state index contributed by atoms with van der Waals surface area (Å²) in [5.74, 6) is 0.199. The SMILES string of the molecule is CC1(C)COC2(CCC(C[P+](c3ccccc3)(c3ccccc3)c3ccccc3)C2)OC1. The minimum Gasteiger partial charge on any atom is -0.349 e. The van der Waals surface area contributed by atoms with Gasteiger partial charge in [0.2, 0.25) is 0 Å². The molecule has 2 nitrogen and oxygen atoms in total. The Morgan fingerprint density at radius 3 is 1.59 bits per heavy atom. The van der Waals surface area contributed by atoms with Gasteiger partial charge < -0.3 is 9.47 Å². The molecule has 0 N–H and O–H groups in total. The van der Waals surface area contributed by atoms with Crippen molar-refractivity contribution in [2.75, 3.05) is 19.4 Å². The van der Waals surface area contributed by atoms with Gasteiger partial charge in [-0.15, -0.1) is 0 Å². The van der Waals surface area contributed by atoms with Crippen molar-refractivity contribution in [1.29, 1.82) is 0 Å². The van der Waals surface area contributed by atoms with Crippen LogP contribution >= 0.6 is 7.26 Å². The Morgan fingerprint density at radius 2 is 1.16 bits per heavy atom. The van der Waals surface area contributed by atoms with Crippen LogP contribution in [-0.4, -0.2) is 25.2 Å². The highest BCUT2D eigenvalue weighted by Crippen LogP contribution is 2.59. The first-order chi connectivity index (χ1) is 15.5. The first-order valence-corrected chi connectivity index (χ1v) is 13.8. The highest BCUT2D eigenvalue weighted by molar-refractivity contribution is 7.95. The summed E-state index contributed by atoms with van der Waals surface area (Å²) < 4.78 is 12.8. The maximum atomic E-state index is 6.39. The van der Waals surface area contributed by atoms with Crippen molar-refractivity contribution in [3.05, 3.63) is 91.0 Å². The molecule has 32 heavy (non-hydrogen) atoms. The van der Waals surface area contributed by atoms with Crippen LogP contribution in [0.4, 0.5) is 0 Å². The zero-order valence-corrected chi connectivity index (χ0v) is 20.1. The molecule has 2 aliphatic rings. The first kappa shape index (κ1) is 21.8. The first-order valence-electron chi connectivity index (χ1n) is 11.8. The van der Waals surface area contributed by atoms with E-state index < -0.39 is 7.26 Å². The van der Waals surface area contributed by atoms with Crippen molar-refractivity contribution in [2.45, 2.75) is 38.9 Å². The van der Waals surface area contributed by atoms with Gasteiger partial charge in [-0.2, -0.15) is 0 Å². The molecule has 166 valence electrons. The predicted molar refractivity (Wildman–Crippen MR) is 136 cm³/mol. The maximum Gasteiger partial charge on any atom is 0.168 e. The van der Waals surface area contributed by atoms with Crippen molar-refractivity contribution >= 4 is 23.2 Å². The summed E-state index contributed by atoms with van der Waals surface area (Å²) in [6.07, 6.45) is 4.32. The Labute approximate surface area is 193 Å². The van der Waals surface area contributed by atoms with Crippen molar-refractivity contribution in [3.63, 3.8) is 0 Å². The van der Waals surface area contributed by atoms with Gasteiger partial charge in [-0.05, 0) is 48.7 Å². The van der Waals surface area contributed by atoms with Crippen LogP contribution in [0, 0.1) is 11.3 Å². The number of benzene rings is 3. The summed E-state index contributed by atoms with van der Waals surface area (Å²) in [5, 5.41) is 4.39. The van der Waals surface area contributed by atoms with Crippen LogP contribution in [0.15, 0.2) is 91.0 Å². The monoisotopic (exact) mass is 445 g/mol. The average molecular weight is 446 g/mol. The minimum absolute atomic E-state index is 0.109. The minimum atomic E-state index is -1.81. The zero-order chi connectivity index (χ0) is 22.1. The lowest BCUT2D eigenvalue weighted by molar-refractivity contribution is -0.295. The summed E-state index contributed by atoms with van der Waals surface area (Å²) >= 11 is 0. The van der Waals surface area contributed by atoms with Crippen LogP contribution in [0.25, 0.3) is 0 Å². The number of hydrogen-bond acceptors (Lipinski definition) is 2. The quantitative estimate of drug-likeness (QED) is 0.480. The molecule has 0 bridgehead atoms. The zero-order valence-electron chi connectivity index (χ0n) is 19.2. The van der Waals surface area contributed by atoms with Crippen LogP contribution in [0.3, 0.4) is 0 Å². The predicted octanol–water partition coefficient (Wildman–Crippen LogP) is 5.55. The van der Waals surface area contributed by atoms with E-state index in [0.717, 1.165) is 38.6 Å². The fraction of sp³-hybridized carbons (Fsp3) is 0.379. The third-order valence-corrected chi connectivity index (χ3v) is 11.7. The Hall–Kier alpha value is -1.99. The van der Waals surface area contributed by atoms with E-state index in [1.807, 2.05) is 0 Å². The summed E-state index contributed by atoms with van der Waals surface area (Å²) in [4.78, 5) is 0. The molecule has 3 heteroatoms. The number of ether oxygens (including phenoxy) is 2. The lowest BCUT2D eigenvalue weighted by Gasteiger charge is -2.41. The Kier molecular flexibility index (Phi) is 5.97. The van der Waals surface area contributed by atoms with Crippen molar-refractivity contribution < 1.29 is 9.47 Å². The summed E-state index contributed by atoms with van der Waals surface area (Å²) in [7, 11) is -1.81. The normalized spacial score (nSPS) is 22.1. The second-order valence-corrected chi connectivity index (χ2v) is 13.8. The highest BCUT2D eigenvalue weighted by atomic mass is 31.2. The Morgan fingerprint density at radius 1 is 0.719 bits per heavy atom. The van der Waals surface area contributed by atoms with E-state index in [-0.39, 0.29) is 11.2 Å². The van der Waals surface area contributed by atoms with Crippen molar-refractivity contribution in [1.82, 2.24) is 0 Å². The van der Waals surface area contributed by atoms with Crippen LogP contribution in [-0.2, 0) is 9.47 Å². The lowest BCUT2D eigenvalue weighted by Crippen LogP contribution is -2.46. The Balaban J connectivity index is 1.54. The maximum absolute atomic E-state index is 6.39. The van der Waals surface area contributed by atoms with E-state index in [1.54, 1.807) is 0 Å². The third-order valence-electron chi connectivity index (χ3n) is 7.11. The molecule has 1 saturated heterocycles. The molecule has 1 saturated carbocycles. The van der Waals surface area contributed by atoms with Crippen LogP contribution < -0.4 is 15.9 Å². The molecule has 3 aromatic rings. The molecular formula is C29H34O2P+. The van der Waals surface area contributed by atoms with Gasteiger partial charge in [0.1, 0.15) is 23.2 Å². The summed E-state index contributed by atoms with van der Waals surface area (Å²) in [6.45, 7) is 6.03. The molecule has 2 fully saturated rings. The molecule has 3 aromatic carbocycles. The molecule has 1 heterocycles. The van der Waals surface area contributed by atoms with Gasteiger partial charge in [-0.1, -0.05) is 68.4 Å². The van der Waals surface area contributed by atoms with Gasteiger partial charge in [0.15, 0.2) is 5.79 Å². The molecule has 1 aliphatic carbocycles. The Bertz CT molecular complexity index is 910. The molecule has 0 amide bonds. The lowest BCUT2D eigenvalue weighted by atomic mass is 9.94. The van der Waals surface area contributed by atoms with Crippen molar-refractivity contribution in [2.24, 2.45) is 11.3 Å². The van der Waals surface area contributed by atoms with E-state index in [9.17, 15) is 0 Å². The molecular weight excluding hydrogens is 411 g/mol. The number of hydrogen-bond donors (Lipinski definition) is 0. The molecule has 0 radical (unpaired) electrons. The van der Waals surface area contributed by atoms with Gasteiger partial charge in [-0.3, -0.25) is 0 Å². The van der Waals surface area contributed by atoms with Gasteiger partial charge in [-0.25, -0.2) is 0 Å². The van der Waals surface area contributed by atoms with Gasteiger partial charge in [0.05, 0.1) is 19.4 Å². The summed E-state index contributed by atoms with van der Waals surface area (Å²) in [5.41, 5.74) is 0.109. The van der Waals surface area contributed by atoms with Crippen molar-refractivity contribution in [3.8, 4) is 0 Å². The van der Waals surface area contributed by atoms with E-state index in [1.165, 1.54) is 15.9 Å². The molecule has 1 atom stereocenters. The standard InChI is InChI=1S/C29H34O2P/c1-28(2)22-30-29(31-23-28)19-18-24(20-29)21-32(25-12-6-3-7-13-25,26-14-8-4-9-15-26)27-16-10-5-11-17-27/h3-17,24H,18-23H2,1-2H3/q+1. The van der Waals surface area contributed by atoms with Gasteiger partial charge >= 0.3 is 0 Å². The van der Waals surface area contributed by atoms with Gasteiger partial charge in [0, 0.05) is 18.3 Å². The molecule has 1 spiro atoms. The average Bonchev–Trinajstić information content (AvgIpc) is 3.24. The second kappa shape index (κ2) is 8.75. The molecule has 0 aromatic heterocycles. The fourth-order valence-corrected chi connectivity index (χ4v) is 10.1. The van der Waals surface area contributed by atoms with Crippen LogP contribution in [0.5, 0.6) is 0 Å². The van der Waals surface area contributed by atoms with Crippen LogP contribution in [0.2, 0.25) is 0 Å². The highest BCUT2D eigenvalue weighted by Gasteiger charge is 2.52. The van der Waals surface area contributed by atoms with E-state index >= 15 is 0 Å². The summed E-state index contributed by atoms with van der Waals surface area (Å²) in [6, 6.07) is 33.6. The number of rotatable bonds is 5. The van der Waals surface area contributed by atoms with E-state index in [2.05, 4.69) is 105 Å². The third kappa shape index (κ3) is 4.17. The van der Waals surface area contributed by atoms with E-state index in [0.29, 0.717) is 5.92 Å². The molecule has 1 unspecified atom stereocenters. The topological polar surface area (TPSA) is 18.5 Å². The van der Waals surface area contributed by atoms with Gasteiger partial charge in [0.25, 0.3) is 0 Å².